The van der Waals surface area contributed by atoms with E-state index in [1.807, 2.05) is 11.3 Å². The van der Waals surface area contributed by atoms with Crippen LogP contribution >= 0.6 is 27.3 Å². The van der Waals surface area contributed by atoms with E-state index in [9.17, 15) is 0 Å². The summed E-state index contributed by atoms with van der Waals surface area (Å²) in [5, 5.41) is 4.70. The first-order valence-electron chi connectivity index (χ1n) is 7.03. The molecule has 20 heavy (non-hydrogen) atoms. The van der Waals surface area contributed by atoms with Gasteiger partial charge in [0.1, 0.15) is 0 Å². The lowest BCUT2D eigenvalue weighted by molar-refractivity contribution is 0.590. The number of thiazole rings is 1. The van der Waals surface area contributed by atoms with Crippen LogP contribution in [0.15, 0.2) is 28.7 Å². The van der Waals surface area contributed by atoms with Crippen LogP contribution in [0.1, 0.15) is 41.9 Å². The van der Waals surface area contributed by atoms with Gasteiger partial charge in [-0.25, -0.2) is 4.98 Å². The molecule has 108 valence electrons. The summed E-state index contributed by atoms with van der Waals surface area (Å²) in [6.07, 6.45) is 1.93. The van der Waals surface area contributed by atoms with Crippen molar-refractivity contribution >= 4 is 27.3 Å². The topological polar surface area (TPSA) is 24.9 Å². The summed E-state index contributed by atoms with van der Waals surface area (Å²) >= 11 is 5.31. The maximum absolute atomic E-state index is 4.79. The van der Waals surface area contributed by atoms with E-state index in [2.05, 4.69) is 66.3 Å². The summed E-state index contributed by atoms with van der Waals surface area (Å²) < 4.78 is 1.12. The van der Waals surface area contributed by atoms with E-state index in [1.165, 1.54) is 21.1 Å². The molecule has 0 saturated carbocycles. The van der Waals surface area contributed by atoms with Crippen LogP contribution in [0, 0.1) is 0 Å². The molecule has 0 aliphatic rings. The highest BCUT2D eigenvalue weighted by atomic mass is 79.9. The fraction of sp³-hybridized carbons (Fsp3) is 0.438. The van der Waals surface area contributed by atoms with Gasteiger partial charge in [0.2, 0.25) is 0 Å². The number of aryl methyl sites for hydroxylation is 1. The van der Waals surface area contributed by atoms with Gasteiger partial charge in [-0.05, 0) is 24.1 Å². The zero-order valence-electron chi connectivity index (χ0n) is 12.2. The predicted molar refractivity (Wildman–Crippen MR) is 90.4 cm³/mol. The Bertz CT molecular complexity index is 546. The normalized spacial score (nSPS) is 11.2. The minimum Gasteiger partial charge on any atom is -0.310 e. The highest BCUT2D eigenvalue weighted by Gasteiger charge is 2.10. The van der Waals surface area contributed by atoms with Crippen molar-refractivity contribution in [1.82, 2.24) is 10.3 Å². The minimum absolute atomic E-state index is 0.511. The lowest BCUT2D eigenvalue weighted by Gasteiger charge is -2.06. The van der Waals surface area contributed by atoms with E-state index < -0.39 is 0 Å². The summed E-state index contributed by atoms with van der Waals surface area (Å²) in [7, 11) is 0. The van der Waals surface area contributed by atoms with Crippen LogP contribution in [-0.2, 0) is 19.4 Å². The highest BCUT2D eigenvalue weighted by Crippen LogP contribution is 2.22. The van der Waals surface area contributed by atoms with Crippen LogP contribution in [0.5, 0.6) is 0 Å². The molecule has 0 spiro atoms. The Morgan fingerprint density at radius 3 is 2.55 bits per heavy atom. The first-order chi connectivity index (χ1) is 9.58. The number of benzene rings is 1. The van der Waals surface area contributed by atoms with Gasteiger partial charge in [0.05, 0.1) is 10.7 Å². The maximum atomic E-state index is 4.79. The Kier molecular flexibility index (Phi) is 5.75. The van der Waals surface area contributed by atoms with Crippen LogP contribution in [0.2, 0.25) is 0 Å². The van der Waals surface area contributed by atoms with Crippen molar-refractivity contribution in [3.8, 4) is 0 Å². The van der Waals surface area contributed by atoms with Crippen molar-refractivity contribution in [2.75, 3.05) is 0 Å². The molecule has 0 bridgehead atoms. The number of nitrogens with zero attached hydrogens (tertiary/aromatic N) is 1. The van der Waals surface area contributed by atoms with E-state index in [0.29, 0.717) is 6.04 Å². The number of hydrogen-bond acceptors (Lipinski definition) is 3. The molecule has 0 unspecified atom stereocenters. The van der Waals surface area contributed by atoms with Crippen molar-refractivity contribution in [2.24, 2.45) is 0 Å². The van der Waals surface area contributed by atoms with E-state index in [0.717, 1.165) is 23.9 Å². The average Bonchev–Trinajstić information content (AvgIpc) is 2.81. The third-order valence-corrected chi connectivity index (χ3v) is 4.72. The molecule has 0 atom stereocenters. The van der Waals surface area contributed by atoms with Crippen LogP contribution in [0.25, 0.3) is 0 Å². The highest BCUT2D eigenvalue weighted by molar-refractivity contribution is 9.10. The largest absolute Gasteiger partial charge is 0.310 e. The molecular formula is C16H21BrN2S. The quantitative estimate of drug-likeness (QED) is 0.824. The van der Waals surface area contributed by atoms with Crippen molar-refractivity contribution in [3.63, 3.8) is 0 Å². The van der Waals surface area contributed by atoms with Crippen LogP contribution in [-0.4, -0.2) is 11.0 Å². The van der Waals surface area contributed by atoms with Crippen LogP contribution < -0.4 is 5.32 Å². The van der Waals surface area contributed by atoms with Crippen molar-refractivity contribution < 1.29 is 0 Å². The fourth-order valence-corrected chi connectivity index (χ4v) is 3.41. The van der Waals surface area contributed by atoms with E-state index in [-0.39, 0.29) is 0 Å². The molecule has 0 radical (unpaired) electrons. The lowest BCUT2D eigenvalue weighted by Crippen LogP contribution is -2.21. The molecule has 2 aromatic rings. The van der Waals surface area contributed by atoms with Gasteiger partial charge in [0.25, 0.3) is 0 Å². The summed E-state index contributed by atoms with van der Waals surface area (Å²) in [5.41, 5.74) is 2.56. The van der Waals surface area contributed by atoms with Gasteiger partial charge in [-0.15, -0.1) is 11.3 Å². The molecule has 1 N–H and O–H groups in total. The van der Waals surface area contributed by atoms with Gasteiger partial charge in [-0.3, -0.25) is 0 Å². The fourth-order valence-electron chi connectivity index (χ4n) is 2.00. The van der Waals surface area contributed by atoms with Gasteiger partial charge < -0.3 is 5.32 Å². The zero-order valence-corrected chi connectivity index (χ0v) is 14.6. The monoisotopic (exact) mass is 352 g/mol. The second-order valence-corrected chi connectivity index (χ2v) is 7.25. The molecule has 1 heterocycles. The third kappa shape index (κ3) is 4.40. The van der Waals surface area contributed by atoms with Crippen molar-refractivity contribution in [1.29, 1.82) is 0 Å². The van der Waals surface area contributed by atoms with Gasteiger partial charge >= 0.3 is 0 Å². The molecule has 0 fully saturated rings. The predicted octanol–water partition coefficient (Wildman–Crippen LogP) is 4.56. The molecule has 0 saturated heterocycles. The van der Waals surface area contributed by atoms with Crippen molar-refractivity contribution in [2.45, 2.75) is 46.2 Å². The number of halogens is 1. The van der Waals surface area contributed by atoms with Crippen molar-refractivity contribution in [3.05, 3.63) is 49.9 Å². The Balaban J connectivity index is 2.10. The van der Waals surface area contributed by atoms with Crippen LogP contribution in [0.4, 0.5) is 0 Å². The smallest absolute Gasteiger partial charge is 0.0975 e. The first kappa shape index (κ1) is 15.7. The molecule has 0 amide bonds. The molecule has 2 nitrogen and oxygen atoms in total. The minimum atomic E-state index is 0.511. The second kappa shape index (κ2) is 7.34. The summed E-state index contributed by atoms with van der Waals surface area (Å²) in [5.74, 6) is 0. The Hall–Kier alpha value is -0.710. The zero-order chi connectivity index (χ0) is 14.5. The molecule has 4 heteroatoms. The summed E-state index contributed by atoms with van der Waals surface area (Å²) in [6.45, 7) is 7.46. The van der Waals surface area contributed by atoms with Gasteiger partial charge in [-0.1, -0.05) is 48.8 Å². The first-order valence-corrected chi connectivity index (χ1v) is 8.64. The van der Waals surface area contributed by atoms with E-state index in [4.69, 9.17) is 4.98 Å². The molecular weight excluding hydrogens is 332 g/mol. The number of nitrogens with one attached hydrogen (secondary N) is 1. The average molecular weight is 353 g/mol. The standard InChI is InChI=1S/C16H21BrN2S/c1-4-14-15(10-18-11(2)3)20-16(19-14)9-12-5-7-13(17)8-6-12/h5-8,11,18H,4,9-10H2,1-3H3. The Morgan fingerprint density at radius 2 is 1.95 bits per heavy atom. The maximum Gasteiger partial charge on any atom is 0.0975 e. The molecule has 2 rings (SSSR count). The molecule has 0 aliphatic carbocycles. The molecule has 1 aromatic heterocycles. The van der Waals surface area contributed by atoms with E-state index in [1.54, 1.807) is 0 Å². The Labute approximate surface area is 133 Å². The molecule has 1 aromatic carbocycles. The summed E-state index contributed by atoms with van der Waals surface area (Å²) in [4.78, 5) is 6.17. The third-order valence-electron chi connectivity index (χ3n) is 3.10. The number of hydrogen-bond donors (Lipinski definition) is 1. The number of aromatic nitrogens is 1. The van der Waals surface area contributed by atoms with Gasteiger partial charge in [0, 0.05) is 28.4 Å². The lowest BCUT2D eigenvalue weighted by atomic mass is 10.2. The second-order valence-electron chi connectivity index (χ2n) is 5.17. The van der Waals surface area contributed by atoms with Crippen LogP contribution in [0.3, 0.4) is 0 Å². The SMILES string of the molecule is CCc1nc(Cc2ccc(Br)cc2)sc1CNC(C)C. The molecule has 0 aliphatic heterocycles. The number of rotatable bonds is 6. The van der Waals surface area contributed by atoms with E-state index >= 15 is 0 Å². The Morgan fingerprint density at radius 1 is 1.25 bits per heavy atom. The van der Waals surface area contributed by atoms with Gasteiger partial charge in [0.15, 0.2) is 0 Å². The van der Waals surface area contributed by atoms with Gasteiger partial charge in [-0.2, -0.15) is 0 Å². The summed E-state index contributed by atoms with van der Waals surface area (Å²) in [6, 6.07) is 9.00.